The highest BCUT2D eigenvalue weighted by atomic mass is 32.2. The Kier molecular flexibility index (Phi) is 4.83. The molecule has 0 bridgehead atoms. The molecule has 1 fully saturated rings. The average Bonchev–Trinajstić information content (AvgIpc) is 2.15. The Hall–Kier alpha value is -0.300. The van der Waals surface area contributed by atoms with Crippen molar-refractivity contribution in [3.05, 3.63) is 0 Å². The maximum absolute atomic E-state index is 12.5. The predicted molar refractivity (Wildman–Crippen MR) is 59.0 cm³/mol. The van der Waals surface area contributed by atoms with Crippen molar-refractivity contribution in [3.63, 3.8) is 0 Å². The zero-order chi connectivity index (χ0) is 13.1. The van der Waals surface area contributed by atoms with Gasteiger partial charge in [-0.2, -0.15) is 13.2 Å². The first kappa shape index (κ1) is 14.8. The molecule has 1 aliphatic rings. The van der Waals surface area contributed by atoms with Gasteiger partial charge in [0.2, 0.25) is 10.0 Å². The largest absolute Gasteiger partial charge is 0.391 e. The minimum Gasteiger partial charge on any atom is -0.212 e. The van der Waals surface area contributed by atoms with Crippen LogP contribution < -0.4 is 4.72 Å². The molecular weight excluding hydrogens is 255 g/mol. The molecule has 0 aromatic carbocycles. The first-order valence-corrected chi connectivity index (χ1v) is 7.46. The van der Waals surface area contributed by atoms with Crippen LogP contribution in [0.25, 0.3) is 0 Å². The van der Waals surface area contributed by atoms with Crippen LogP contribution in [-0.2, 0) is 10.0 Å². The lowest BCUT2D eigenvalue weighted by atomic mass is 9.86. The van der Waals surface area contributed by atoms with Gasteiger partial charge in [0.05, 0.1) is 11.7 Å². The summed E-state index contributed by atoms with van der Waals surface area (Å²) in [4.78, 5) is 0. The van der Waals surface area contributed by atoms with Crippen molar-refractivity contribution in [1.82, 2.24) is 4.72 Å². The smallest absolute Gasteiger partial charge is 0.212 e. The monoisotopic (exact) mass is 273 g/mol. The van der Waals surface area contributed by atoms with E-state index in [1.807, 2.05) is 0 Å². The molecule has 0 unspecified atom stereocenters. The number of rotatable bonds is 4. The molecule has 0 spiro atoms. The number of nitrogens with one attached hydrogen (secondary N) is 1. The summed E-state index contributed by atoms with van der Waals surface area (Å²) in [5.41, 5.74) is 0. The van der Waals surface area contributed by atoms with Crippen LogP contribution in [0.2, 0.25) is 0 Å². The molecule has 102 valence electrons. The maximum Gasteiger partial charge on any atom is 0.391 e. The quantitative estimate of drug-likeness (QED) is 0.855. The molecule has 1 aliphatic carbocycles. The summed E-state index contributed by atoms with van der Waals surface area (Å²) in [5, 5.41) is 0. The minimum atomic E-state index is -4.21. The van der Waals surface area contributed by atoms with Crippen LogP contribution in [0.1, 0.15) is 39.0 Å². The number of alkyl halides is 3. The van der Waals surface area contributed by atoms with Crippen LogP contribution in [0, 0.1) is 5.92 Å². The molecule has 2 atom stereocenters. The van der Waals surface area contributed by atoms with Gasteiger partial charge in [-0.15, -0.1) is 0 Å². The molecule has 7 heteroatoms. The second-order valence-corrected chi connectivity index (χ2v) is 6.41. The van der Waals surface area contributed by atoms with E-state index >= 15 is 0 Å². The third-order valence-corrected chi connectivity index (χ3v) is 4.59. The molecule has 0 aromatic heterocycles. The molecule has 17 heavy (non-hydrogen) atoms. The fourth-order valence-corrected chi connectivity index (χ4v) is 3.55. The van der Waals surface area contributed by atoms with Crippen molar-refractivity contribution in [2.75, 3.05) is 5.75 Å². The van der Waals surface area contributed by atoms with E-state index in [0.29, 0.717) is 19.3 Å². The topological polar surface area (TPSA) is 46.2 Å². The zero-order valence-corrected chi connectivity index (χ0v) is 10.6. The van der Waals surface area contributed by atoms with Crippen LogP contribution in [0.15, 0.2) is 0 Å². The Morgan fingerprint density at radius 1 is 1.29 bits per heavy atom. The molecule has 0 aliphatic heterocycles. The van der Waals surface area contributed by atoms with Crippen molar-refractivity contribution >= 4 is 10.0 Å². The summed E-state index contributed by atoms with van der Waals surface area (Å²) in [7, 11) is -3.42. The third kappa shape index (κ3) is 4.83. The number of hydrogen-bond donors (Lipinski definition) is 1. The van der Waals surface area contributed by atoms with Crippen molar-refractivity contribution in [2.24, 2.45) is 5.92 Å². The van der Waals surface area contributed by atoms with Gasteiger partial charge in [0.25, 0.3) is 0 Å². The van der Waals surface area contributed by atoms with E-state index in [9.17, 15) is 21.6 Å². The summed E-state index contributed by atoms with van der Waals surface area (Å²) in [6, 6.07) is -0.563. The van der Waals surface area contributed by atoms with E-state index in [1.54, 1.807) is 6.92 Å². The molecule has 0 saturated heterocycles. The highest BCUT2D eigenvalue weighted by Gasteiger charge is 2.42. The normalized spacial score (nSPS) is 27.1. The van der Waals surface area contributed by atoms with Crippen molar-refractivity contribution in [1.29, 1.82) is 0 Å². The SMILES string of the molecule is CCCS(=O)(=O)N[C@H]1CCC[C@@H](C(F)(F)F)C1. The minimum absolute atomic E-state index is 0.0276. The lowest BCUT2D eigenvalue weighted by molar-refractivity contribution is -0.183. The van der Waals surface area contributed by atoms with E-state index in [1.165, 1.54) is 0 Å². The molecule has 1 N–H and O–H groups in total. The van der Waals surface area contributed by atoms with Crippen LogP contribution >= 0.6 is 0 Å². The van der Waals surface area contributed by atoms with E-state index in [-0.39, 0.29) is 18.6 Å². The molecule has 0 aromatic rings. The highest BCUT2D eigenvalue weighted by molar-refractivity contribution is 7.89. The fourth-order valence-electron chi connectivity index (χ4n) is 2.18. The van der Waals surface area contributed by atoms with Gasteiger partial charge in [0, 0.05) is 6.04 Å². The van der Waals surface area contributed by atoms with Gasteiger partial charge in [0.1, 0.15) is 0 Å². The summed E-state index contributed by atoms with van der Waals surface area (Å²) in [6.07, 6.45) is -2.86. The van der Waals surface area contributed by atoms with Gasteiger partial charge in [0.15, 0.2) is 0 Å². The molecule has 0 amide bonds. The van der Waals surface area contributed by atoms with Gasteiger partial charge in [-0.1, -0.05) is 13.3 Å². The first-order valence-electron chi connectivity index (χ1n) is 5.81. The van der Waals surface area contributed by atoms with Crippen LogP contribution in [-0.4, -0.2) is 26.4 Å². The van der Waals surface area contributed by atoms with Gasteiger partial charge in [-0.3, -0.25) is 0 Å². The van der Waals surface area contributed by atoms with Gasteiger partial charge < -0.3 is 0 Å². The Labute approximate surface area is 99.8 Å². The van der Waals surface area contributed by atoms with Gasteiger partial charge in [-0.05, 0) is 25.7 Å². The summed E-state index contributed by atoms with van der Waals surface area (Å²) >= 11 is 0. The Morgan fingerprint density at radius 3 is 2.47 bits per heavy atom. The summed E-state index contributed by atoms with van der Waals surface area (Å²) in [6.45, 7) is 1.72. The molecule has 3 nitrogen and oxygen atoms in total. The lowest BCUT2D eigenvalue weighted by Gasteiger charge is -2.30. The first-order chi connectivity index (χ1) is 7.74. The van der Waals surface area contributed by atoms with Crippen molar-refractivity contribution < 1.29 is 21.6 Å². The van der Waals surface area contributed by atoms with E-state index < -0.39 is 28.2 Å². The number of sulfonamides is 1. The molecule has 0 heterocycles. The molecule has 1 rings (SSSR count). The second-order valence-electron chi connectivity index (χ2n) is 4.54. The van der Waals surface area contributed by atoms with Crippen LogP contribution in [0.5, 0.6) is 0 Å². The van der Waals surface area contributed by atoms with E-state index in [0.717, 1.165) is 0 Å². The summed E-state index contributed by atoms with van der Waals surface area (Å²) < 4.78 is 62.9. The van der Waals surface area contributed by atoms with Gasteiger partial charge >= 0.3 is 6.18 Å². The Balaban J connectivity index is 2.56. The zero-order valence-electron chi connectivity index (χ0n) is 9.76. The summed E-state index contributed by atoms with van der Waals surface area (Å²) in [5.74, 6) is -1.40. The Morgan fingerprint density at radius 2 is 1.94 bits per heavy atom. The average molecular weight is 273 g/mol. The predicted octanol–water partition coefficient (Wildman–Crippen LogP) is 2.44. The molecule has 0 radical (unpaired) electrons. The fraction of sp³-hybridized carbons (Fsp3) is 1.00. The van der Waals surface area contributed by atoms with Crippen LogP contribution in [0.4, 0.5) is 13.2 Å². The number of halogens is 3. The highest BCUT2D eigenvalue weighted by Crippen LogP contribution is 2.37. The van der Waals surface area contributed by atoms with E-state index in [4.69, 9.17) is 0 Å². The van der Waals surface area contributed by atoms with Crippen molar-refractivity contribution in [2.45, 2.75) is 51.2 Å². The molecule has 1 saturated carbocycles. The maximum atomic E-state index is 12.5. The second kappa shape index (κ2) is 5.56. The standard InChI is InChI=1S/C10H18F3NO2S/c1-2-6-17(15,16)14-9-5-3-4-8(7-9)10(11,12)13/h8-9,14H,2-7H2,1H3/t8-,9+/m1/s1. The van der Waals surface area contributed by atoms with Crippen LogP contribution in [0.3, 0.4) is 0 Å². The number of hydrogen-bond acceptors (Lipinski definition) is 2. The van der Waals surface area contributed by atoms with Gasteiger partial charge in [-0.25, -0.2) is 13.1 Å². The lowest BCUT2D eigenvalue weighted by Crippen LogP contribution is -2.42. The molecular formula is C10H18F3NO2S. The Bertz CT molecular complexity index is 340. The van der Waals surface area contributed by atoms with E-state index in [2.05, 4.69) is 4.72 Å². The third-order valence-electron chi connectivity index (χ3n) is 2.96. The van der Waals surface area contributed by atoms with Crippen molar-refractivity contribution in [3.8, 4) is 0 Å².